The molecular weight excluding hydrogens is 308 g/mol. The van der Waals surface area contributed by atoms with Gasteiger partial charge in [-0.05, 0) is 25.0 Å². The highest BCUT2D eigenvalue weighted by Crippen LogP contribution is 2.39. The highest BCUT2D eigenvalue weighted by atomic mass is 35.5. The number of aromatic nitrogens is 2. The molecular formula is C14H15ClN4OS. The first-order valence-corrected chi connectivity index (χ1v) is 7.84. The van der Waals surface area contributed by atoms with Gasteiger partial charge < -0.3 is 10.6 Å². The molecule has 2 heterocycles. The summed E-state index contributed by atoms with van der Waals surface area (Å²) in [6, 6.07) is 8.04. The SMILES string of the molecule is C[C@H]1C[C@@H](C(N)=O)c2ccccc2N1Cc1nnsc1Cl. The number of nitrogens with two attached hydrogens (primary N) is 1. The van der Waals surface area contributed by atoms with Crippen molar-refractivity contribution in [1.82, 2.24) is 9.59 Å². The monoisotopic (exact) mass is 322 g/mol. The quantitative estimate of drug-likeness (QED) is 0.942. The molecule has 21 heavy (non-hydrogen) atoms. The Labute approximate surface area is 131 Å². The summed E-state index contributed by atoms with van der Waals surface area (Å²) in [5.41, 5.74) is 8.31. The van der Waals surface area contributed by atoms with Crippen molar-refractivity contribution >= 4 is 34.7 Å². The second-order valence-corrected chi connectivity index (χ2v) is 6.58. The number of primary amides is 1. The Morgan fingerprint density at radius 2 is 2.29 bits per heavy atom. The number of amides is 1. The van der Waals surface area contributed by atoms with E-state index >= 15 is 0 Å². The van der Waals surface area contributed by atoms with Crippen LogP contribution in [0.2, 0.25) is 4.34 Å². The molecule has 0 aliphatic carbocycles. The number of para-hydroxylation sites is 1. The van der Waals surface area contributed by atoms with Crippen molar-refractivity contribution in [1.29, 1.82) is 0 Å². The van der Waals surface area contributed by atoms with E-state index in [2.05, 4.69) is 21.4 Å². The minimum Gasteiger partial charge on any atom is -0.369 e. The molecule has 2 aromatic rings. The third-order valence-corrected chi connectivity index (χ3v) is 4.89. The van der Waals surface area contributed by atoms with Crippen molar-refractivity contribution < 1.29 is 4.79 Å². The van der Waals surface area contributed by atoms with Crippen LogP contribution < -0.4 is 10.6 Å². The average Bonchev–Trinajstić information content (AvgIpc) is 2.86. The number of fused-ring (bicyclic) bond motifs is 1. The number of anilines is 1. The number of benzene rings is 1. The normalized spacial score (nSPS) is 21.1. The van der Waals surface area contributed by atoms with Crippen molar-refractivity contribution in [2.75, 3.05) is 4.90 Å². The Kier molecular flexibility index (Phi) is 3.82. The number of hydrogen-bond donors (Lipinski definition) is 1. The summed E-state index contributed by atoms with van der Waals surface area (Å²) in [5, 5.41) is 4.07. The molecule has 2 atom stereocenters. The number of carbonyl (C=O) groups is 1. The fraction of sp³-hybridized carbons (Fsp3) is 0.357. The van der Waals surface area contributed by atoms with Gasteiger partial charge in [-0.2, -0.15) is 0 Å². The third kappa shape index (κ3) is 2.61. The topological polar surface area (TPSA) is 72.1 Å². The zero-order valence-corrected chi connectivity index (χ0v) is 13.1. The van der Waals surface area contributed by atoms with Gasteiger partial charge in [0.05, 0.1) is 12.5 Å². The van der Waals surface area contributed by atoms with Gasteiger partial charge >= 0.3 is 0 Å². The van der Waals surface area contributed by atoms with Crippen LogP contribution in [0.25, 0.3) is 0 Å². The Morgan fingerprint density at radius 3 is 2.95 bits per heavy atom. The van der Waals surface area contributed by atoms with Crippen LogP contribution in [0.5, 0.6) is 0 Å². The summed E-state index contributed by atoms with van der Waals surface area (Å²) in [7, 11) is 0. The molecule has 0 radical (unpaired) electrons. The fourth-order valence-corrected chi connectivity index (χ4v) is 3.45. The van der Waals surface area contributed by atoms with E-state index in [1.54, 1.807) is 0 Å². The van der Waals surface area contributed by atoms with E-state index in [9.17, 15) is 4.79 Å². The lowest BCUT2D eigenvalue weighted by Crippen LogP contribution is -2.41. The Bertz CT molecular complexity index is 674. The number of nitrogens with zero attached hydrogens (tertiary/aromatic N) is 3. The Balaban J connectivity index is 1.99. The van der Waals surface area contributed by atoms with E-state index in [1.807, 2.05) is 24.3 Å². The molecule has 0 bridgehead atoms. The van der Waals surface area contributed by atoms with E-state index in [0.717, 1.165) is 16.9 Å². The molecule has 0 unspecified atom stereocenters. The molecule has 0 saturated heterocycles. The first kappa shape index (κ1) is 14.3. The van der Waals surface area contributed by atoms with E-state index in [-0.39, 0.29) is 17.9 Å². The number of rotatable bonds is 3. The minimum atomic E-state index is -0.276. The maximum absolute atomic E-state index is 11.7. The van der Waals surface area contributed by atoms with Crippen molar-refractivity contribution in [2.45, 2.75) is 31.8 Å². The van der Waals surface area contributed by atoms with Gasteiger partial charge in [0.25, 0.3) is 0 Å². The summed E-state index contributed by atoms with van der Waals surface area (Å²) in [6.45, 7) is 2.67. The Hall–Kier alpha value is -1.66. The largest absolute Gasteiger partial charge is 0.369 e. The lowest BCUT2D eigenvalue weighted by Gasteiger charge is -2.39. The molecule has 1 aliphatic heterocycles. The fourth-order valence-electron chi connectivity index (χ4n) is 2.84. The van der Waals surface area contributed by atoms with Gasteiger partial charge in [0, 0.05) is 23.3 Å². The zero-order chi connectivity index (χ0) is 15.0. The van der Waals surface area contributed by atoms with E-state index in [4.69, 9.17) is 17.3 Å². The second-order valence-electron chi connectivity index (χ2n) is 5.22. The van der Waals surface area contributed by atoms with Gasteiger partial charge in [-0.15, -0.1) is 5.10 Å². The summed E-state index contributed by atoms with van der Waals surface area (Å²) < 4.78 is 4.48. The lowest BCUT2D eigenvalue weighted by molar-refractivity contribution is -0.119. The van der Waals surface area contributed by atoms with Crippen LogP contribution in [0.4, 0.5) is 5.69 Å². The van der Waals surface area contributed by atoms with Crippen LogP contribution >= 0.6 is 23.1 Å². The predicted octanol–water partition coefficient (Wildman–Crippen LogP) is 2.56. The van der Waals surface area contributed by atoms with Crippen molar-refractivity contribution in [3.8, 4) is 0 Å². The Morgan fingerprint density at radius 1 is 1.52 bits per heavy atom. The molecule has 0 fully saturated rings. The number of carbonyl (C=O) groups excluding carboxylic acids is 1. The maximum atomic E-state index is 11.7. The zero-order valence-electron chi connectivity index (χ0n) is 11.5. The van der Waals surface area contributed by atoms with Crippen molar-refractivity contribution in [2.24, 2.45) is 5.73 Å². The molecule has 5 nitrogen and oxygen atoms in total. The smallest absolute Gasteiger partial charge is 0.225 e. The van der Waals surface area contributed by atoms with Crippen LogP contribution in [0.3, 0.4) is 0 Å². The molecule has 7 heteroatoms. The first-order valence-electron chi connectivity index (χ1n) is 6.69. The van der Waals surface area contributed by atoms with E-state index in [1.165, 1.54) is 11.5 Å². The van der Waals surface area contributed by atoms with Gasteiger partial charge in [-0.25, -0.2) is 0 Å². The average molecular weight is 323 g/mol. The van der Waals surface area contributed by atoms with Crippen molar-refractivity contribution in [3.05, 3.63) is 39.9 Å². The molecule has 1 aromatic heterocycles. The number of halogens is 1. The summed E-state index contributed by atoms with van der Waals surface area (Å²) >= 11 is 7.29. The molecule has 0 saturated carbocycles. The van der Waals surface area contributed by atoms with E-state index in [0.29, 0.717) is 17.3 Å². The van der Waals surface area contributed by atoms with Crippen LogP contribution in [-0.4, -0.2) is 21.5 Å². The molecule has 3 rings (SSSR count). The predicted molar refractivity (Wildman–Crippen MR) is 83.6 cm³/mol. The molecule has 1 amide bonds. The third-order valence-electron chi connectivity index (χ3n) is 3.90. The van der Waals surface area contributed by atoms with Gasteiger partial charge in [-0.1, -0.05) is 34.3 Å². The van der Waals surface area contributed by atoms with Crippen LogP contribution in [0, 0.1) is 0 Å². The van der Waals surface area contributed by atoms with Crippen LogP contribution in [0.1, 0.15) is 30.5 Å². The second kappa shape index (κ2) is 5.61. The molecule has 2 N–H and O–H groups in total. The van der Waals surface area contributed by atoms with Crippen molar-refractivity contribution in [3.63, 3.8) is 0 Å². The molecule has 1 aromatic carbocycles. The maximum Gasteiger partial charge on any atom is 0.225 e. The van der Waals surface area contributed by atoms with Gasteiger partial charge in [0.2, 0.25) is 5.91 Å². The molecule has 110 valence electrons. The molecule has 0 spiro atoms. The minimum absolute atomic E-state index is 0.176. The van der Waals surface area contributed by atoms with Crippen LogP contribution in [0.15, 0.2) is 24.3 Å². The summed E-state index contributed by atoms with van der Waals surface area (Å²) in [6.07, 6.45) is 0.696. The summed E-state index contributed by atoms with van der Waals surface area (Å²) in [5.74, 6) is -0.515. The van der Waals surface area contributed by atoms with Gasteiger partial charge in [0.15, 0.2) is 0 Å². The highest BCUT2D eigenvalue weighted by molar-refractivity contribution is 7.10. The standard InChI is InChI=1S/C14H15ClN4OS/c1-8-6-10(14(16)20)9-4-2-3-5-12(9)19(8)7-11-13(15)21-18-17-11/h2-5,8,10H,6-7H2,1H3,(H2,16,20)/t8-,10+/m0/s1. The first-order chi connectivity index (χ1) is 10.1. The van der Waals surface area contributed by atoms with Crippen LogP contribution in [-0.2, 0) is 11.3 Å². The number of hydrogen-bond acceptors (Lipinski definition) is 5. The van der Waals surface area contributed by atoms with E-state index < -0.39 is 0 Å². The highest BCUT2D eigenvalue weighted by Gasteiger charge is 2.33. The summed E-state index contributed by atoms with van der Waals surface area (Å²) in [4.78, 5) is 13.9. The van der Waals surface area contributed by atoms with Gasteiger partial charge in [-0.3, -0.25) is 4.79 Å². The molecule has 1 aliphatic rings. The lowest BCUT2D eigenvalue weighted by atomic mass is 9.85. The van der Waals surface area contributed by atoms with Gasteiger partial charge in [0.1, 0.15) is 10.0 Å².